The lowest BCUT2D eigenvalue weighted by molar-refractivity contribution is -0.137. The zero-order valence-electron chi connectivity index (χ0n) is 13.3. The molecule has 2 rings (SSSR count). The Labute approximate surface area is 137 Å². The summed E-state index contributed by atoms with van der Waals surface area (Å²) in [6.07, 6.45) is 1.55. The van der Waals surface area contributed by atoms with E-state index < -0.39 is 22.2 Å². The van der Waals surface area contributed by atoms with Crippen molar-refractivity contribution in [1.29, 1.82) is 0 Å². The van der Waals surface area contributed by atoms with E-state index in [1.54, 1.807) is 0 Å². The summed E-state index contributed by atoms with van der Waals surface area (Å²) < 4.78 is 29.1. The SMILES string of the molecule is CC1CCN(S(=O)(=O)NC(CCC(=O)O)Cc2ccccc2)C1. The fraction of sp³-hybridized carbons (Fsp3) is 0.562. The first-order valence-electron chi connectivity index (χ1n) is 7.90. The molecule has 1 saturated heterocycles. The van der Waals surface area contributed by atoms with Gasteiger partial charge < -0.3 is 5.11 Å². The molecule has 2 N–H and O–H groups in total. The largest absolute Gasteiger partial charge is 0.481 e. The number of hydrogen-bond donors (Lipinski definition) is 2. The van der Waals surface area contributed by atoms with Crippen LogP contribution in [0.15, 0.2) is 30.3 Å². The summed E-state index contributed by atoms with van der Waals surface area (Å²) in [6, 6.07) is 9.08. The van der Waals surface area contributed by atoms with Gasteiger partial charge in [-0.05, 0) is 30.7 Å². The third-order valence-corrected chi connectivity index (χ3v) is 5.72. The Morgan fingerprint density at radius 1 is 1.39 bits per heavy atom. The lowest BCUT2D eigenvalue weighted by atomic mass is 10.0. The molecule has 1 aliphatic heterocycles. The number of hydrogen-bond acceptors (Lipinski definition) is 3. The minimum Gasteiger partial charge on any atom is -0.481 e. The van der Waals surface area contributed by atoms with Gasteiger partial charge in [0.15, 0.2) is 0 Å². The molecule has 1 aromatic rings. The van der Waals surface area contributed by atoms with E-state index in [1.165, 1.54) is 4.31 Å². The van der Waals surface area contributed by atoms with Crippen molar-refractivity contribution in [3.05, 3.63) is 35.9 Å². The first kappa shape index (κ1) is 17.9. The second-order valence-electron chi connectivity index (χ2n) is 6.19. The summed E-state index contributed by atoms with van der Waals surface area (Å²) in [5.74, 6) is -0.560. The van der Waals surface area contributed by atoms with E-state index in [1.807, 2.05) is 37.3 Å². The molecular formula is C16H24N2O4S. The Morgan fingerprint density at radius 2 is 2.09 bits per heavy atom. The highest BCUT2D eigenvalue weighted by atomic mass is 32.2. The second kappa shape index (κ2) is 7.90. The molecule has 0 bridgehead atoms. The summed E-state index contributed by atoms with van der Waals surface area (Å²) in [6.45, 7) is 3.07. The highest BCUT2D eigenvalue weighted by Crippen LogP contribution is 2.19. The Hall–Kier alpha value is -1.44. The van der Waals surface area contributed by atoms with Crippen LogP contribution in [0.5, 0.6) is 0 Å². The molecule has 0 saturated carbocycles. The van der Waals surface area contributed by atoms with Gasteiger partial charge in [-0.1, -0.05) is 37.3 Å². The third kappa shape index (κ3) is 5.60. The van der Waals surface area contributed by atoms with Crippen LogP contribution in [0.3, 0.4) is 0 Å². The number of carboxylic acids is 1. The van der Waals surface area contributed by atoms with Crippen LogP contribution in [0.25, 0.3) is 0 Å². The number of nitrogens with one attached hydrogen (secondary N) is 1. The maximum absolute atomic E-state index is 12.5. The lowest BCUT2D eigenvalue weighted by Crippen LogP contribution is -2.45. The predicted molar refractivity (Wildman–Crippen MR) is 88.2 cm³/mol. The fourth-order valence-electron chi connectivity index (χ4n) is 2.80. The summed E-state index contributed by atoms with van der Waals surface area (Å²) >= 11 is 0. The van der Waals surface area contributed by atoms with Crippen LogP contribution in [0.2, 0.25) is 0 Å². The van der Waals surface area contributed by atoms with Gasteiger partial charge in [0.25, 0.3) is 10.2 Å². The molecule has 1 aromatic carbocycles. The molecule has 0 aliphatic carbocycles. The molecule has 1 heterocycles. The maximum atomic E-state index is 12.5. The van der Waals surface area contributed by atoms with E-state index in [2.05, 4.69) is 4.72 Å². The molecule has 1 aliphatic rings. The van der Waals surface area contributed by atoms with Gasteiger partial charge in [0, 0.05) is 25.6 Å². The first-order valence-corrected chi connectivity index (χ1v) is 9.34. The van der Waals surface area contributed by atoms with Crippen molar-refractivity contribution in [2.75, 3.05) is 13.1 Å². The summed E-state index contributed by atoms with van der Waals surface area (Å²) in [5.41, 5.74) is 0.986. The highest BCUT2D eigenvalue weighted by Gasteiger charge is 2.31. The van der Waals surface area contributed by atoms with E-state index in [0.29, 0.717) is 25.4 Å². The number of benzene rings is 1. The van der Waals surface area contributed by atoms with Gasteiger partial charge in [0.1, 0.15) is 0 Å². The van der Waals surface area contributed by atoms with Crippen molar-refractivity contribution in [3.8, 4) is 0 Å². The molecule has 2 unspecified atom stereocenters. The van der Waals surface area contributed by atoms with Crippen molar-refractivity contribution in [2.24, 2.45) is 5.92 Å². The third-order valence-electron chi connectivity index (χ3n) is 4.07. The fourth-order valence-corrected chi connectivity index (χ4v) is 4.37. The van der Waals surface area contributed by atoms with Gasteiger partial charge in [-0.2, -0.15) is 17.4 Å². The molecule has 0 aromatic heterocycles. The molecule has 7 heteroatoms. The number of aliphatic carboxylic acids is 1. The Bertz CT molecular complexity index is 618. The van der Waals surface area contributed by atoms with E-state index >= 15 is 0 Å². The first-order chi connectivity index (χ1) is 10.9. The standard InChI is InChI=1S/C16H24N2O4S/c1-13-9-10-18(12-13)23(21,22)17-15(7-8-16(19)20)11-14-5-3-2-4-6-14/h2-6,13,15,17H,7-12H2,1H3,(H,19,20). The Balaban J connectivity index is 2.05. The Morgan fingerprint density at radius 3 is 2.65 bits per heavy atom. The predicted octanol–water partition coefficient (Wildman–Crippen LogP) is 1.64. The van der Waals surface area contributed by atoms with Gasteiger partial charge in [-0.15, -0.1) is 0 Å². The van der Waals surface area contributed by atoms with Crippen molar-refractivity contribution >= 4 is 16.2 Å². The van der Waals surface area contributed by atoms with Gasteiger partial charge >= 0.3 is 5.97 Å². The Kier molecular flexibility index (Phi) is 6.15. The van der Waals surface area contributed by atoms with Crippen LogP contribution >= 0.6 is 0 Å². The number of nitrogens with zero attached hydrogens (tertiary/aromatic N) is 1. The van der Waals surface area contributed by atoms with Crippen molar-refractivity contribution in [3.63, 3.8) is 0 Å². The quantitative estimate of drug-likeness (QED) is 0.753. The smallest absolute Gasteiger partial charge is 0.303 e. The van der Waals surface area contributed by atoms with E-state index in [4.69, 9.17) is 5.11 Å². The molecule has 1 fully saturated rings. The zero-order chi connectivity index (χ0) is 16.9. The average molecular weight is 340 g/mol. The van der Waals surface area contributed by atoms with Gasteiger partial charge in [0.2, 0.25) is 0 Å². The molecule has 0 amide bonds. The maximum Gasteiger partial charge on any atom is 0.303 e. The average Bonchev–Trinajstić information content (AvgIpc) is 2.93. The molecule has 0 radical (unpaired) electrons. The minimum absolute atomic E-state index is 0.0591. The molecule has 2 atom stereocenters. The van der Waals surface area contributed by atoms with Crippen LogP contribution in [-0.4, -0.2) is 42.9 Å². The number of rotatable bonds is 8. The highest BCUT2D eigenvalue weighted by molar-refractivity contribution is 7.87. The normalized spacial score (nSPS) is 20.5. The summed E-state index contributed by atoms with van der Waals surface area (Å²) in [4.78, 5) is 10.8. The summed E-state index contributed by atoms with van der Waals surface area (Å²) in [5, 5.41) is 8.89. The number of carbonyl (C=O) groups is 1. The van der Waals surface area contributed by atoms with Crippen LogP contribution in [0, 0.1) is 5.92 Å². The zero-order valence-corrected chi connectivity index (χ0v) is 14.1. The van der Waals surface area contributed by atoms with Gasteiger partial charge in [-0.25, -0.2) is 0 Å². The van der Waals surface area contributed by atoms with Gasteiger partial charge in [-0.3, -0.25) is 4.79 Å². The molecule has 6 nitrogen and oxygen atoms in total. The molecular weight excluding hydrogens is 316 g/mol. The monoisotopic (exact) mass is 340 g/mol. The van der Waals surface area contributed by atoms with E-state index in [0.717, 1.165) is 12.0 Å². The van der Waals surface area contributed by atoms with Crippen LogP contribution in [0.4, 0.5) is 0 Å². The van der Waals surface area contributed by atoms with Crippen molar-refractivity contribution < 1.29 is 18.3 Å². The molecule has 23 heavy (non-hydrogen) atoms. The van der Waals surface area contributed by atoms with E-state index in [9.17, 15) is 13.2 Å². The second-order valence-corrected chi connectivity index (χ2v) is 7.90. The lowest BCUT2D eigenvalue weighted by Gasteiger charge is -2.23. The topological polar surface area (TPSA) is 86.7 Å². The summed E-state index contributed by atoms with van der Waals surface area (Å²) in [7, 11) is -3.57. The van der Waals surface area contributed by atoms with Crippen LogP contribution in [-0.2, 0) is 21.4 Å². The van der Waals surface area contributed by atoms with Crippen LogP contribution in [0.1, 0.15) is 31.7 Å². The molecule has 0 spiro atoms. The van der Waals surface area contributed by atoms with Gasteiger partial charge in [0.05, 0.1) is 0 Å². The minimum atomic E-state index is -3.57. The number of carboxylic acid groups (broad SMARTS) is 1. The van der Waals surface area contributed by atoms with Crippen LogP contribution < -0.4 is 4.72 Å². The van der Waals surface area contributed by atoms with Crippen molar-refractivity contribution in [1.82, 2.24) is 9.03 Å². The molecule has 128 valence electrons. The van der Waals surface area contributed by atoms with Crippen molar-refractivity contribution in [2.45, 2.75) is 38.6 Å². The van der Waals surface area contributed by atoms with E-state index in [-0.39, 0.29) is 12.8 Å².